The van der Waals surface area contributed by atoms with E-state index in [4.69, 9.17) is 12.2 Å². The maximum absolute atomic E-state index is 11.1. The molecule has 2 aromatic rings. The van der Waals surface area contributed by atoms with Gasteiger partial charge in [-0.15, -0.1) is 0 Å². The van der Waals surface area contributed by atoms with Crippen molar-refractivity contribution >= 4 is 29.9 Å². The molecule has 0 aliphatic carbocycles. The van der Waals surface area contributed by atoms with Crippen molar-refractivity contribution in [1.29, 1.82) is 0 Å². The molecule has 0 fully saturated rings. The molecule has 2 N–H and O–H groups in total. The molecule has 96 valence electrons. The molecule has 0 amide bonds. The van der Waals surface area contributed by atoms with E-state index in [1.165, 1.54) is 24.4 Å². The first-order valence-electron chi connectivity index (χ1n) is 5.17. The fourth-order valence-corrected chi connectivity index (χ4v) is 1.59. The zero-order valence-corrected chi connectivity index (χ0v) is 10.3. The Morgan fingerprint density at radius 1 is 1.32 bits per heavy atom. The van der Waals surface area contributed by atoms with Gasteiger partial charge in [-0.3, -0.25) is 20.1 Å². The van der Waals surface area contributed by atoms with Gasteiger partial charge in [0.1, 0.15) is 10.5 Å². The van der Waals surface area contributed by atoms with Crippen molar-refractivity contribution in [3.05, 3.63) is 61.1 Å². The van der Waals surface area contributed by atoms with Gasteiger partial charge in [-0.2, -0.15) is 0 Å². The normalized spacial score (nSPS) is 10.7. The highest BCUT2D eigenvalue weighted by molar-refractivity contribution is 7.71. The van der Waals surface area contributed by atoms with Gasteiger partial charge in [0.05, 0.1) is 4.92 Å². The molecule has 1 aromatic carbocycles. The number of aromatic amines is 2. The number of non-ortho nitro benzene ring substituents is 1. The topological polar surface area (TPSA) is 104 Å². The third kappa shape index (κ3) is 3.42. The Bertz CT molecular complexity index is 735. The van der Waals surface area contributed by atoms with Gasteiger partial charge in [-0.05, 0) is 5.56 Å². The predicted molar refractivity (Wildman–Crippen MR) is 72.6 cm³/mol. The van der Waals surface area contributed by atoms with E-state index in [-0.39, 0.29) is 16.1 Å². The van der Waals surface area contributed by atoms with Gasteiger partial charge >= 0.3 is 5.69 Å². The zero-order chi connectivity index (χ0) is 13.8. The number of nitrogens with one attached hydrogen (secondary N) is 2. The zero-order valence-electron chi connectivity index (χ0n) is 9.49. The highest BCUT2D eigenvalue weighted by atomic mass is 32.1. The van der Waals surface area contributed by atoms with Gasteiger partial charge in [0, 0.05) is 24.4 Å². The lowest BCUT2D eigenvalue weighted by atomic mass is 10.2. The summed E-state index contributed by atoms with van der Waals surface area (Å²) in [5.74, 6) is 0.278. The van der Waals surface area contributed by atoms with Crippen LogP contribution < -0.4 is 5.69 Å². The van der Waals surface area contributed by atoms with Crippen molar-refractivity contribution < 1.29 is 4.92 Å². The Labute approximate surface area is 111 Å². The summed E-state index contributed by atoms with van der Waals surface area (Å²) in [4.78, 5) is 30.1. The van der Waals surface area contributed by atoms with Crippen molar-refractivity contribution in [2.45, 2.75) is 0 Å². The fraction of sp³-hybridized carbons (Fsp3) is 0. The van der Waals surface area contributed by atoms with E-state index in [1.807, 2.05) is 0 Å². The molecule has 0 unspecified atom stereocenters. The summed E-state index contributed by atoms with van der Waals surface area (Å²) in [7, 11) is 0. The molecule has 1 heterocycles. The molecule has 0 aliphatic rings. The minimum absolute atomic E-state index is 0.0252. The molecule has 7 nitrogen and oxygen atoms in total. The molecular formula is C11H8N4O3S. The number of nitro benzene ring substituents is 1. The van der Waals surface area contributed by atoms with Crippen molar-refractivity contribution in [2.24, 2.45) is 4.99 Å². The van der Waals surface area contributed by atoms with Gasteiger partial charge in [0.2, 0.25) is 0 Å². The molecule has 2 rings (SSSR count). The van der Waals surface area contributed by atoms with Crippen LogP contribution in [0.25, 0.3) is 0 Å². The molecule has 1 aromatic heterocycles. The van der Waals surface area contributed by atoms with Gasteiger partial charge < -0.3 is 0 Å². The van der Waals surface area contributed by atoms with Crippen LogP contribution in [0.5, 0.6) is 0 Å². The Morgan fingerprint density at radius 3 is 2.79 bits per heavy atom. The summed E-state index contributed by atoms with van der Waals surface area (Å²) >= 11 is 4.83. The third-order valence-electron chi connectivity index (χ3n) is 2.18. The number of H-pyrrole nitrogens is 2. The quantitative estimate of drug-likeness (QED) is 0.387. The lowest BCUT2D eigenvalue weighted by Gasteiger charge is -1.95. The van der Waals surface area contributed by atoms with E-state index in [0.29, 0.717) is 5.56 Å². The second kappa shape index (κ2) is 5.36. The van der Waals surface area contributed by atoms with E-state index >= 15 is 0 Å². The van der Waals surface area contributed by atoms with Crippen LogP contribution in [0.1, 0.15) is 5.56 Å². The molecular weight excluding hydrogens is 268 g/mol. The molecule has 8 heteroatoms. The summed E-state index contributed by atoms with van der Waals surface area (Å²) in [6.07, 6.45) is 1.41. The maximum Gasteiger partial charge on any atom is 0.325 e. The number of hydrogen-bond acceptors (Lipinski definition) is 5. The summed E-state index contributed by atoms with van der Waals surface area (Å²) in [5, 5.41) is 10.6. The van der Waals surface area contributed by atoms with E-state index in [1.54, 1.807) is 12.1 Å². The molecule has 19 heavy (non-hydrogen) atoms. The highest BCUT2D eigenvalue weighted by Crippen LogP contribution is 2.12. The van der Waals surface area contributed by atoms with E-state index in [0.717, 1.165) is 0 Å². The van der Waals surface area contributed by atoms with Crippen molar-refractivity contribution in [3.8, 4) is 0 Å². The molecule has 0 saturated carbocycles. The van der Waals surface area contributed by atoms with Crippen LogP contribution in [0.15, 0.2) is 40.1 Å². The van der Waals surface area contributed by atoms with E-state index < -0.39 is 10.6 Å². The van der Waals surface area contributed by atoms with Crippen LogP contribution in [0, 0.1) is 14.8 Å². The standard InChI is InChI=1S/C11H8N4O3S/c16-11-13-9(5-10(19)14-11)12-6-7-2-1-3-8(4-7)15(17)18/h1-6H,(H2,13,14,16,19)/b12-6+. The molecule has 0 bridgehead atoms. The predicted octanol–water partition coefficient (Wildman–Crippen LogP) is 2.09. The molecule has 0 saturated heterocycles. The minimum Gasteiger partial charge on any atom is -0.298 e. The van der Waals surface area contributed by atoms with Crippen LogP contribution in [-0.4, -0.2) is 21.1 Å². The number of aromatic nitrogens is 2. The first kappa shape index (κ1) is 12.8. The average Bonchev–Trinajstić information content (AvgIpc) is 2.35. The number of nitrogens with zero attached hydrogens (tertiary/aromatic N) is 2. The smallest absolute Gasteiger partial charge is 0.298 e. The van der Waals surface area contributed by atoms with Gasteiger partial charge in [-0.1, -0.05) is 24.4 Å². The second-order valence-electron chi connectivity index (χ2n) is 3.58. The van der Waals surface area contributed by atoms with Crippen LogP contribution >= 0.6 is 12.2 Å². The minimum atomic E-state index is -0.488. The van der Waals surface area contributed by atoms with Crippen LogP contribution in [0.3, 0.4) is 0 Å². The number of hydrogen-bond donors (Lipinski definition) is 2. The largest absolute Gasteiger partial charge is 0.325 e. The van der Waals surface area contributed by atoms with Crippen LogP contribution in [0.2, 0.25) is 0 Å². The highest BCUT2D eigenvalue weighted by Gasteiger charge is 2.03. The van der Waals surface area contributed by atoms with Crippen molar-refractivity contribution in [2.75, 3.05) is 0 Å². The Morgan fingerprint density at radius 2 is 2.11 bits per heavy atom. The third-order valence-corrected chi connectivity index (χ3v) is 2.40. The van der Waals surface area contributed by atoms with Gasteiger partial charge in [0.15, 0.2) is 0 Å². The van der Waals surface area contributed by atoms with Gasteiger partial charge in [-0.25, -0.2) is 9.79 Å². The Kier molecular flexibility index (Phi) is 3.62. The number of aliphatic imine (C=N–C) groups is 1. The van der Waals surface area contributed by atoms with Crippen molar-refractivity contribution in [1.82, 2.24) is 9.97 Å². The summed E-state index contributed by atoms with van der Waals surface area (Å²) in [6.45, 7) is 0. The number of rotatable bonds is 3. The summed E-state index contributed by atoms with van der Waals surface area (Å²) < 4.78 is 0.259. The van der Waals surface area contributed by atoms with Crippen molar-refractivity contribution in [3.63, 3.8) is 0 Å². The maximum atomic E-state index is 11.1. The second-order valence-corrected chi connectivity index (χ2v) is 4.02. The number of benzene rings is 1. The lowest BCUT2D eigenvalue weighted by Crippen LogP contribution is -2.08. The fourth-order valence-electron chi connectivity index (χ4n) is 1.39. The van der Waals surface area contributed by atoms with E-state index in [9.17, 15) is 14.9 Å². The average molecular weight is 276 g/mol. The SMILES string of the molecule is O=c1[nH]c(/N=C/c2cccc([N+](=O)[O-])c2)cc(=S)[nH]1. The van der Waals surface area contributed by atoms with Crippen LogP contribution in [-0.2, 0) is 0 Å². The Balaban J connectivity index is 2.32. The lowest BCUT2D eigenvalue weighted by molar-refractivity contribution is -0.384. The summed E-state index contributed by atoms with van der Waals surface area (Å²) in [6, 6.07) is 7.46. The monoisotopic (exact) mass is 276 g/mol. The van der Waals surface area contributed by atoms with Gasteiger partial charge in [0.25, 0.3) is 5.69 Å². The molecule has 0 atom stereocenters. The Hall–Kier alpha value is -2.61. The molecule has 0 radical (unpaired) electrons. The number of nitro groups is 1. The molecule has 0 aliphatic heterocycles. The first-order valence-corrected chi connectivity index (χ1v) is 5.57. The van der Waals surface area contributed by atoms with E-state index in [2.05, 4.69) is 15.0 Å². The van der Waals surface area contributed by atoms with Crippen LogP contribution in [0.4, 0.5) is 11.5 Å². The summed E-state index contributed by atoms with van der Waals surface area (Å²) in [5.41, 5.74) is 0.0651. The molecule has 0 spiro atoms. The first-order chi connectivity index (χ1) is 9.04.